The highest BCUT2D eigenvalue weighted by atomic mass is 15.2. The molecular formula is C99H60N24. The number of aromatic nitrogens is 13. The van der Waals surface area contributed by atoms with Gasteiger partial charge >= 0.3 is 0 Å². The average molecular weight is 1590 g/mol. The first-order valence-electron chi connectivity index (χ1n) is 41.3. The summed E-state index contributed by atoms with van der Waals surface area (Å²) in [4.78, 5) is 89.8. The molecule has 123 heavy (non-hydrogen) atoms. The Hall–Kier alpha value is -16.4. The molecule has 7 aromatic carbocycles. The van der Waals surface area contributed by atoms with Crippen LogP contribution in [-0.4, -0.2) is 94.2 Å². The third-order valence-corrected chi connectivity index (χ3v) is 27.1. The molecule has 5 atom stereocenters. The van der Waals surface area contributed by atoms with Crippen LogP contribution in [0.4, 0.5) is 17.3 Å². The number of aliphatic imine (C=N–C) groups is 4. The van der Waals surface area contributed by atoms with E-state index in [9.17, 15) is 0 Å². The van der Waals surface area contributed by atoms with Gasteiger partial charge in [0, 0.05) is 146 Å². The molecule has 5 unspecified atom stereocenters. The number of nitrogen functional groups attached to an aromatic ring is 1. The minimum absolute atomic E-state index is 0.240. The Kier molecular flexibility index (Phi) is 11.8. The number of nitrogens with zero attached hydrogens (tertiary/aromatic N) is 12. The van der Waals surface area contributed by atoms with Crippen molar-refractivity contribution in [2.75, 3.05) is 11.1 Å². The molecule has 3 aliphatic carbocycles. The molecule has 0 radical (unpaired) electrons. The molecule has 11 aliphatic rings. The van der Waals surface area contributed by atoms with Crippen LogP contribution in [0.15, 0.2) is 259 Å². The van der Waals surface area contributed by atoms with Crippen LogP contribution in [0.1, 0.15) is 79.9 Å². The van der Waals surface area contributed by atoms with Gasteiger partial charge in [-0.3, -0.25) is 0 Å². The third kappa shape index (κ3) is 8.57. The quantitative estimate of drug-likeness (QED) is 0.0681. The number of nitrogens with two attached hydrogens (primary N) is 3. The van der Waals surface area contributed by atoms with Gasteiger partial charge in [-0.25, -0.2) is 59.8 Å². The van der Waals surface area contributed by atoms with Crippen LogP contribution < -0.4 is 43.7 Å². The molecule has 20 heterocycles. The van der Waals surface area contributed by atoms with Crippen molar-refractivity contribution >= 4 is 146 Å². The van der Waals surface area contributed by atoms with Gasteiger partial charge in [0.05, 0.1) is 142 Å². The van der Waals surface area contributed by atoms with Crippen molar-refractivity contribution < 1.29 is 0 Å². The number of nitrogens with one attached hydrogen (secondary N) is 9. The molecule has 12 aromatic heterocycles. The molecule has 24 nitrogen and oxygen atoms in total. The summed E-state index contributed by atoms with van der Waals surface area (Å²) in [6.07, 6.45) is 9.18. The van der Waals surface area contributed by atoms with Gasteiger partial charge in [0.1, 0.15) is 34.1 Å². The van der Waals surface area contributed by atoms with E-state index in [1.807, 2.05) is 0 Å². The number of anilines is 2. The van der Waals surface area contributed by atoms with Gasteiger partial charge in [-0.2, -0.15) is 0 Å². The Labute approximate surface area is 693 Å². The fourth-order valence-electron chi connectivity index (χ4n) is 21.7. The summed E-state index contributed by atoms with van der Waals surface area (Å²) in [7, 11) is 0. The van der Waals surface area contributed by atoms with Crippen molar-refractivity contribution in [3.63, 3.8) is 0 Å². The number of benzene rings is 7. The van der Waals surface area contributed by atoms with Crippen LogP contribution in [0.2, 0.25) is 0 Å². The van der Waals surface area contributed by atoms with E-state index in [4.69, 9.17) is 77.1 Å². The predicted molar refractivity (Wildman–Crippen MR) is 481 cm³/mol. The zero-order chi connectivity index (χ0) is 80.0. The topological polar surface area (TPSA) is 361 Å². The van der Waals surface area contributed by atoms with Crippen molar-refractivity contribution in [2.45, 2.75) is 42.5 Å². The number of fused-ring (bicyclic) bond motifs is 30. The van der Waals surface area contributed by atoms with E-state index in [0.717, 1.165) is 217 Å². The van der Waals surface area contributed by atoms with E-state index >= 15 is 0 Å². The van der Waals surface area contributed by atoms with Crippen molar-refractivity contribution in [3.8, 4) is 79.1 Å². The van der Waals surface area contributed by atoms with E-state index in [2.05, 4.69) is 270 Å². The molecule has 0 amide bonds. The van der Waals surface area contributed by atoms with Gasteiger partial charge in [0.2, 0.25) is 0 Å². The highest BCUT2D eigenvalue weighted by Crippen LogP contribution is 2.64. The van der Waals surface area contributed by atoms with E-state index in [1.54, 1.807) is 0 Å². The van der Waals surface area contributed by atoms with E-state index < -0.39 is 23.7 Å². The van der Waals surface area contributed by atoms with Gasteiger partial charge in [-0.05, 0) is 96.1 Å². The molecule has 0 saturated carbocycles. The molecule has 15 N–H and O–H groups in total. The number of allylic oxidation sites excluding steroid dienone is 1. The molecule has 30 rings (SSSR count). The maximum Gasteiger partial charge on any atom is 0.184 e. The maximum atomic E-state index is 8.33. The van der Waals surface area contributed by atoms with Crippen molar-refractivity contribution in [1.29, 1.82) is 0 Å². The monoisotopic (exact) mass is 1580 g/mol. The molecule has 8 aliphatic heterocycles. The fraction of sp³-hybridized carbons (Fsp3) is 0.0707. The zero-order valence-corrected chi connectivity index (χ0v) is 64.7. The number of para-hydroxylation sites is 6. The van der Waals surface area contributed by atoms with Crippen molar-refractivity contribution in [2.24, 2.45) is 36.4 Å². The van der Waals surface area contributed by atoms with Crippen LogP contribution in [-0.2, 0) is 18.4 Å². The Morgan fingerprint density at radius 2 is 1.04 bits per heavy atom. The van der Waals surface area contributed by atoms with Crippen LogP contribution in [0.25, 0.3) is 185 Å². The van der Waals surface area contributed by atoms with Crippen molar-refractivity contribution in [3.05, 3.63) is 307 Å². The highest BCUT2D eigenvalue weighted by molar-refractivity contribution is 6.29. The summed E-state index contributed by atoms with van der Waals surface area (Å²) in [6, 6.07) is 69.5. The molecule has 0 saturated heterocycles. The molecule has 24 heteroatoms. The average Bonchev–Trinajstić information content (AvgIpc) is 1.60. The minimum atomic E-state index is -1.23. The van der Waals surface area contributed by atoms with Crippen LogP contribution in [0, 0.1) is 0 Å². The molecule has 24 bridgehead atoms. The number of hydrogen-bond donors (Lipinski definition) is 12. The SMILES string of the molecule is Nc1[nH]c(/N=C2N=C(/N=C3\NC(N)C4=C3C3(N)c5ccc6nc5-c5nc(ccc5C43)-c3cccc4cc([nH]c34)Cc3cc4cccc-6c4[nH]3)C3=C\2NC2C(=N3)c3ccc4nc3-c3nc(ccc32)-c2cccc3cc([nH]c23)Cc2cc3cccc-4c3[nH]2)c2nc3c(nc12)c1c2c4nc(ccc43)-c3cccc4c3=N/C(=C\c3cc5cccc(c5[nH]3)C(C=C1)N2)C=4. The summed E-state index contributed by atoms with van der Waals surface area (Å²) < 4.78 is 0. The van der Waals surface area contributed by atoms with Gasteiger partial charge < -0.3 is 63.1 Å². The number of amidine groups is 3. The first kappa shape index (κ1) is 64.6. The van der Waals surface area contributed by atoms with Crippen LogP contribution in [0.3, 0.4) is 0 Å². The normalized spacial score (nSPS) is 20.5. The lowest BCUT2D eigenvalue weighted by molar-refractivity contribution is 0.388. The summed E-state index contributed by atoms with van der Waals surface area (Å²) in [5.74, 6) is 1.05. The first-order chi connectivity index (χ1) is 60.5. The Morgan fingerprint density at radius 1 is 0.447 bits per heavy atom. The number of aromatic amines is 6. The smallest absolute Gasteiger partial charge is 0.184 e. The second-order valence-electron chi connectivity index (χ2n) is 33.9. The zero-order valence-electron chi connectivity index (χ0n) is 64.7. The second-order valence-corrected chi connectivity index (χ2v) is 33.9. The molecule has 19 aromatic rings. The Balaban J connectivity index is 0.623. The van der Waals surface area contributed by atoms with E-state index in [1.165, 1.54) is 0 Å². The second kappa shape index (κ2) is 22.5. The van der Waals surface area contributed by atoms with E-state index in [-0.39, 0.29) is 23.5 Å². The Bertz CT molecular complexity index is 8840. The van der Waals surface area contributed by atoms with Crippen molar-refractivity contribution in [1.82, 2.24) is 75.4 Å². The van der Waals surface area contributed by atoms with E-state index in [0.29, 0.717) is 86.3 Å². The summed E-state index contributed by atoms with van der Waals surface area (Å²) >= 11 is 0. The predicted octanol–water partition coefficient (Wildman–Crippen LogP) is 16.0. The fourth-order valence-corrected chi connectivity index (χ4v) is 21.7. The standard InChI is InChI=1S/C99H60N24/c100-93-70-71-58-19-25-64-52-13-1-7-40-31-46(103-73(40)52)39-51-36-45-12-6-18-57(78(45)108-51)69-30-24-63(88(114-69)79(58)109-64)99(71,102)72(70)95(119-93)121-97-91-92(118-87-62-23-29-68-56-17-5-11-44-35-50(107-77(44)56)38-49-34-43-10-4-16-55(76(43)106-49)67-28-22-61(86(87)117-91)82(112-67)83(62)113-68)98(123-97)122-96-90-89(94(101)120-96)115-84-59-20-26-65-53-14-2-8-41-32-47(104-74(41)53)37-48-33-42-9-3-15-54(75(42)105-48)66-27-21-60(85(84)116-90)81(111-66)80(59)110-65/h1-37,65,71,87,93,103-104,106-108,110,118,120H,38-39,100-102H2,(H,119,121,122,123)/b48-37-. The number of H-pyrrole nitrogens is 6. The molecule has 576 valence electrons. The number of hydrogen-bond acceptors (Lipinski definition) is 16. The number of pyridine rings is 5. The summed E-state index contributed by atoms with van der Waals surface area (Å²) in [5, 5.41) is 19.7. The van der Waals surface area contributed by atoms with Gasteiger partial charge in [0.25, 0.3) is 0 Å². The van der Waals surface area contributed by atoms with Gasteiger partial charge in [-0.15, -0.1) is 0 Å². The lowest BCUT2D eigenvalue weighted by Gasteiger charge is -2.52. The lowest BCUT2D eigenvalue weighted by atomic mass is 9.54. The van der Waals surface area contributed by atoms with Crippen LogP contribution >= 0.6 is 0 Å². The summed E-state index contributed by atoms with van der Waals surface area (Å²) in [6.45, 7) is 0. The first-order valence-corrected chi connectivity index (χ1v) is 41.3. The minimum Gasteiger partial charge on any atom is -0.383 e. The molecule has 0 spiro atoms. The number of rotatable bonds is 1. The summed E-state index contributed by atoms with van der Waals surface area (Å²) in [5.41, 5.74) is 56.5. The molecule has 0 fully saturated rings. The highest BCUT2D eigenvalue weighted by Gasteiger charge is 2.63. The van der Waals surface area contributed by atoms with Gasteiger partial charge in [0.15, 0.2) is 17.5 Å². The Morgan fingerprint density at radius 3 is 1.74 bits per heavy atom. The lowest BCUT2D eigenvalue weighted by Crippen LogP contribution is -2.57. The maximum absolute atomic E-state index is 8.33. The molecular weight excluding hydrogens is 1530 g/mol. The largest absolute Gasteiger partial charge is 0.383 e. The van der Waals surface area contributed by atoms with Gasteiger partial charge in [-0.1, -0.05) is 140 Å². The third-order valence-electron chi connectivity index (χ3n) is 27.1. The van der Waals surface area contributed by atoms with Crippen LogP contribution in [0.5, 0.6) is 0 Å².